The van der Waals surface area contributed by atoms with Crippen LogP contribution >= 0.6 is 0 Å². The van der Waals surface area contributed by atoms with E-state index < -0.39 is 0 Å². The Hall–Kier alpha value is -0.860. The van der Waals surface area contributed by atoms with Crippen LogP contribution < -0.4 is 0 Å². The van der Waals surface area contributed by atoms with Gasteiger partial charge in [-0.2, -0.15) is 0 Å². The predicted molar refractivity (Wildman–Crippen MR) is 71.1 cm³/mol. The van der Waals surface area contributed by atoms with E-state index in [-0.39, 0.29) is 0 Å². The summed E-state index contributed by atoms with van der Waals surface area (Å²) in [4.78, 5) is 2.51. The van der Waals surface area contributed by atoms with E-state index >= 15 is 0 Å². The van der Waals surface area contributed by atoms with E-state index in [1.165, 1.54) is 30.5 Å². The molecule has 1 aromatic rings. The molecule has 0 saturated carbocycles. The molecule has 1 aliphatic rings. The second-order valence-electron chi connectivity index (χ2n) is 4.94. The SMILES string of the molecule is CCOC1CCCN(Cc2ccc(C)cc2)C1. The second-order valence-corrected chi connectivity index (χ2v) is 4.94. The summed E-state index contributed by atoms with van der Waals surface area (Å²) in [6.07, 6.45) is 2.92. The zero-order valence-electron chi connectivity index (χ0n) is 11.0. The Balaban J connectivity index is 1.87. The average Bonchev–Trinajstić information content (AvgIpc) is 2.33. The van der Waals surface area contributed by atoms with E-state index in [2.05, 4.69) is 43.0 Å². The van der Waals surface area contributed by atoms with Gasteiger partial charge < -0.3 is 4.74 Å². The fourth-order valence-corrected chi connectivity index (χ4v) is 2.48. The van der Waals surface area contributed by atoms with Crippen molar-refractivity contribution in [3.63, 3.8) is 0 Å². The molecule has 0 aromatic heterocycles. The van der Waals surface area contributed by atoms with Gasteiger partial charge in [0.05, 0.1) is 6.10 Å². The number of nitrogens with zero attached hydrogens (tertiary/aromatic N) is 1. The molecule has 1 unspecified atom stereocenters. The zero-order chi connectivity index (χ0) is 12.1. The zero-order valence-corrected chi connectivity index (χ0v) is 11.0. The Labute approximate surface area is 105 Å². The molecule has 17 heavy (non-hydrogen) atoms. The smallest absolute Gasteiger partial charge is 0.0702 e. The summed E-state index contributed by atoms with van der Waals surface area (Å²) in [6.45, 7) is 8.40. The molecule has 0 spiro atoms. The summed E-state index contributed by atoms with van der Waals surface area (Å²) >= 11 is 0. The van der Waals surface area contributed by atoms with Crippen molar-refractivity contribution in [3.05, 3.63) is 35.4 Å². The summed E-state index contributed by atoms with van der Waals surface area (Å²) in [5.74, 6) is 0. The Morgan fingerprint density at radius 3 is 2.76 bits per heavy atom. The van der Waals surface area contributed by atoms with Crippen LogP contribution in [0.3, 0.4) is 0 Å². The summed E-state index contributed by atoms with van der Waals surface area (Å²) in [7, 11) is 0. The summed E-state index contributed by atoms with van der Waals surface area (Å²) in [6, 6.07) is 8.86. The third kappa shape index (κ3) is 3.83. The highest BCUT2D eigenvalue weighted by Crippen LogP contribution is 2.16. The normalized spacial score (nSPS) is 21.6. The van der Waals surface area contributed by atoms with Crippen LogP contribution in [0.25, 0.3) is 0 Å². The number of piperidine rings is 1. The molecule has 0 radical (unpaired) electrons. The number of aryl methyl sites for hydroxylation is 1. The first-order valence-electron chi connectivity index (χ1n) is 6.67. The van der Waals surface area contributed by atoms with Gasteiger partial charge in [-0.1, -0.05) is 29.8 Å². The van der Waals surface area contributed by atoms with Gasteiger partial charge in [-0.05, 0) is 38.8 Å². The van der Waals surface area contributed by atoms with Gasteiger partial charge in [-0.15, -0.1) is 0 Å². The Kier molecular flexibility index (Phi) is 4.57. The van der Waals surface area contributed by atoms with Gasteiger partial charge in [0, 0.05) is 19.7 Å². The lowest BCUT2D eigenvalue weighted by Crippen LogP contribution is -2.39. The molecule has 94 valence electrons. The van der Waals surface area contributed by atoms with Crippen molar-refractivity contribution in [1.82, 2.24) is 4.90 Å². The first-order chi connectivity index (χ1) is 8.28. The number of hydrogen-bond acceptors (Lipinski definition) is 2. The molecule has 0 bridgehead atoms. The van der Waals surface area contributed by atoms with Crippen molar-refractivity contribution in [1.29, 1.82) is 0 Å². The van der Waals surface area contributed by atoms with Gasteiger partial charge >= 0.3 is 0 Å². The molecule has 1 aliphatic heterocycles. The van der Waals surface area contributed by atoms with E-state index in [1.807, 2.05) is 0 Å². The maximum atomic E-state index is 5.73. The molecular formula is C15H23NO. The van der Waals surface area contributed by atoms with Gasteiger partial charge in [-0.25, -0.2) is 0 Å². The van der Waals surface area contributed by atoms with Crippen molar-refractivity contribution in [3.8, 4) is 0 Å². The highest BCUT2D eigenvalue weighted by Gasteiger charge is 2.19. The lowest BCUT2D eigenvalue weighted by Gasteiger charge is -2.32. The van der Waals surface area contributed by atoms with Crippen LogP contribution in [-0.4, -0.2) is 30.7 Å². The monoisotopic (exact) mass is 233 g/mol. The third-order valence-electron chi connectivity index (χ3n) is 3.39. The fraction of sp³-hybridized carbons (Fsp3) is 0.600. The van der Waals surface area contributed by atoms with E-state index in [1.54, 1.807) is 0 Å². The van der Waals surface area contributed by atoms with Crippen molar-refractivity contribution in [2.75, 3.05) is 19.7 Å². The van der Waals surface area contributed by atoms with Crippen molar-refractivity contribution in [2.45, 2.75) is 39.3 Å². The third-order valence-corrected chi connectivity index (χ3v) is 3.39. The van der Waals surface area contributed by atoms with Gasteiger partial charge in [0.1, 0.15) is 0 Å². The van der Waals surface area contributed by atoms with Crippen LogP contribution in [0.1, 0.15) is 30.9 Å². The highest BCUT2D eigenvalue weighted by molar-refractivity contribution is 5.21. The number of rotatable bonds is 4. The minimum Gasteiger partial charge on any atom is -0.377 e. The Morgan fingerprint density at radius 2 is 2.06 bits per heavy atom. The molecule has 0 amide bonds. The average molecular weight is 233 g/mol. The molecule has 1 heterocycles. The minimum absolute atomic E-state index is 0.444. The van der Waals surface area contributed by atoms with Gasteiger partial charge in [0.25, 0.3) is 0 Å². The molecule has 0 aliphatic carbocycles. The number of likely N-dealkylation sites (tertiary alicyclic amines) is 1. The predicted octanol–water partition coefficient (Wildman–Crippen LogP) is 3.00. The molecule has 1 fully saturated rings. The number of hydrogen-bond donors (Lipinski definition) is 0. The van der Waals surface area contributed by atoms with Gasteiger partial charge in [0.15, 0.2) is 0 Å². The Morgan fingerprint density at radius 1 is 1.29 bits per heavy atom. The maximum absolute atomic E-state index is 5.73. The van der Waals surface area contributed by atoms with Crippen LogP contribution in [0.5, 0.6) is 0 Å². The fourth-order valence-electron chi connectivity index (χ4n) is 2.48. The van der Waals surface area contributed by atoms with Crippen LogP contribution in [0.2, 0.25) is 0 Å². The minimum atomic E-state index is 0.444. The first-order valence-corrected chi connectivity index (χ1v) is 6.67. The maximum Gasteiger partial charge on any atom is 0.0702 e. The van der Waals surface area contributed by atoms with E-state index in [4.69, 9.17) is 4.74 Å². The molecular weight excluding hydrogens is 210 g/mol. The second kappa shape index (κ2) is 6.18. The molecule has 1 atom stereocenters. The molecule has 2 nitrogen and oxygen atoms in total. The summed E-state index contributed by atoms with van der Waals surface area (Å²) < 4.78 is 5.73. The standard InChI is InChI=1S/C15H23NO/c1-3-17-15-5-4-10-16(12-15)11-14-8-6-13(2)7-9-14/h6-9,15H,3-5,10-12H2,1-2H3. The topological polar surface area (TPSA) is 12.5 Å². The Bertz CT molecular complexity index is 331. The molecule has 2 heteroatoms. The highest BCUT2D eigenvalue weighted by atomic mass is 16.5. The summed E-state index contributed by atoms with van der Waals surface area (Å²) in [5, 5.41) is 0. The first kappa shape index (κ1) is 12.6. The van der Waals surface area contributed by atoms with Crippen LogP contribution in [-0.2, 0) is 11.3 Å². The van der Waals surface area contributed by atoms with Gasteiger partial charge in [0.2, 0.25) is 0 Å². The lowest BCUT2D eigenvalue weighted by molar-refractivity contribution is 0.00363. The quantitative estimate of drug-likeness (QED) is 0.792. The molecule has 1 aromatic carbocycles. The van der Waals surface area contributed by atoms with E-state index in [0.29, 0.717) is 6.10 Å². The van der Waals surface area contributed by atoms with E-state index in [9.17, 15) is 0 Å². The lowest BCUT2D eigenvalue weighted by atomic mass is 10.1. The van der Waals surface area contributed by atoms with E-state index in [0.717, 1.165) is 19.7 Å². The van der Waals surface area contributed by atoms with Crippen molar-refractivity contribution >= 4 is 0 Å². The van der Waals surface area contributed by atoms with Gasteiger partial charge in [-0.3, -0.25) is 4.90 Å². The van der Waals surface area contributed by atoms with Crippen molar-refractivity contribution < 1.29 is 4.74 Å². The molecule has 2 rings (SSSR count). The molecule has 1 saturated heterocycles. The van der Waals surface area contributed by atoms with Crippen LogP contribution in [0.4, 0.5) is 0 Å². The van der Waals surface area contributed by atoms with Crippen molar-refractivity contribution in [2.24, 2.45) is 0 Å². The van der Waals surface area contributed by atoms with Crippen LogP contribution in [0.15, 0.2) is 24.3 Å². The molecule has 0 N–H and O–H groups in total. The number of ether oxygens (including phenoxy) is 1. The number of benzene rings is 1. The summed E-state index contributed by atoms with van der Waals surface area (Å²) in [5.41, 5.74) is 2.74. The van der Waals surface area contributed by atoms with Crippen LogP contribution in [0, 0.1) is 6.92 Å². The largest absolute Gasteiger partial charge is 0.377 e.